The Balaban J connectivity index is 2.18. The van der Waals surface area contributed by atoms with Crippen molar-refractivity contribution in [2.24, 2.45) is 0 Å². The summed E-state index contributed by atoms with van der Waals surface area (Å²) in [5.41, 5.74) is 2.51. The van der Waals surface area contributed by atoms with Crippen molar-refractivity contribution in [2.75, 3.05) is 0 Å². The maximum absolute atomic E-state index is 5.33. The van der Waals surface area contributed by atoms with Gasteiger partial charge in [-0.2, -0.15) is 0 Å². The van der Waals surface area contributed by atoms with Gasteiger partial charge in [0.2, 0.25) is 5.89 Å². The molecule has 0 unspecified atom stereocenters. The fraction of sp³-hybridized carbons (Fsp3) is 0. The molecule has 16 heavy (non-hydrogen) atoms. The number of nitrogens with zero attached hydrogens (tertiary/aromatic N) is 4. The average Bonchev–Trinajstić information content (AvgIpc) is 2.75. The van der Waals surface area contributed by atoms with Crippen LogP contribution in [0.15, 0.2) is 35.0 Å². The molecule has 0 aliphatic heterocycles. The van der Waals surface area contributed by atoms with Crippen molar-refractivity contribution in [1.82, 2.24) is 20.2 Å². The lowest BCUT2D eigenvalue weighted by Gasteiger charge is -1.97. The summed E-state index contributed by atoms with van der Waals surface area (Å²) in [6, 6.07) is 5.65. The Hall–Kier alpha value is -1.57. The molecule has 0 amide bonds. The van der Waals surface area contributed by atoms with Crippen molar-refractivity contribution in [3.05, 3.63) is 34.5 Å². The second-order valence-electron chi connectivity index (χ2n) is 3.12. The molecule has 6 heteroatoms. The standard InChI is InChI=1S/C10H5IN4O/c11-10-15-14-9(16-10)6-1-2-7-8(5-6)13-4-3-12-7/h1-5H. The van der Waals surface area contributed by atoms with Crippen LogP contribution in [-0.4, -0.2) is 20.2 Å². The van der Waals surface area contributed by atoms with Gasteiger partial charge in [-0.15, -0.1) is 10.2 Å². The highest BCUT2D eigenvalue weighted by Crippen LogP contribution is 2.21. The predicted octanol–water partition coefficient (Wildman–Crippen LogP) is 2.28. The van der Waals surface area contributed by atoms with Gasteiger partial charge in [0.1, 0.15) is 0 Å². The van der Waals surface area contributed by atoms with Crippen molar-refractivity contribution in [3.8, 4) is 11.5 Å². The van der Waals surface area contributed by atoms with Crippen molar-refractivity contribution < 1.29 is 4.42 Å². The highest BCUT2D eigenvalue weighted by molar-refractivity contribution is 14.1. The molecular weight excluding hydrogens is 319 g/mol. The molecule has 0 aliphatic carbocycles. The lowest BCUT2D eigenvalue weighted by molar-refractivity contribution is 0.537. The molecule has 78 valence electrons. The zero-order valence-electron chi connectivity index (χ0n) is 7.96. The van der Waals surface area contributed by atoms with Crippen LogP contribution >= 0.6 is 22.6 Å². The SMILES string of the molecule is Ic1nnc(-c2ccc3nccnc3c2)o1. The molecule has 0 saturated carbocycles. The average molecular weight is 324 g/mol. The van der Waals surface area contributed by atoms with E-state index in [1.54, 1.807) is 12.4 Å². The second kappa shape index (κ2) is 3.78. The minimum absolute atomic E-state index is 0.497. The van der Waals surface area contributed by atoms with Gasteiger partial charge in [0.15, 0.2) is 0 Å². The van der Waals surface area contributed by atoms with Gasteiger partial charge in [-0.3, -0.25) is 9.97 Å². The lowest BCUT2D eigenvalue weighted by Crippen LogP contribution is -1.84. The third kappa shape index (κ3) is 1.64. The number of hydrogen-bond donors (Lipinski definition) is 0. The molecule has 3 aromatic rings. The molecule has 0 bridgehead atoms. The number of fused-ring (bicyclic) bond motifs is 1. The second-order valence-corrected chi connectivity index (χ2v) is 4.04. The molecule has 0 spiro atoms. The Morgan fingerprint density at radius 3 is 2.56 bits per heavy atom. The van der Waals surface area contributed by atoms with E-state index in [9.17, 15) is 0 Å². The van der Waals surface area contributed by atoms with E-state index in [1.807, 2.05) is 40.8 Å². The monoisotopic (exact) mass is 324 g/mol. The Morgan fingerprint density at radius 1 is 1.00 bits per heavy atom. The molecule has 2 aromatic heterocycles. The minimum atomic E-state index is 0.497. The molecule has 5 nitrogen and oxygen atoms in total. The summed E-state index contributed by atoms with van der Waals surface area (Å²) < 4.78 is 5.85. The van der Waals surface area contributed by atoms with Crippen molar-refractivity contribution in [2.45, 2.75) is 0 Å². The maximum atomic E-state index is 5.33. The summed E-state index contributed by atoms with van der Waals surface area (Å²) in [4.78, 5) is 8.41. The van der Waals surface area contributed by atoms with Crippen molar-refractivity contribution in [1.29, 1.82) is 0 Å². The molecular formula is C10H5IN4O. The maximum Gasteiger partial charge on any atom is 0.278 e. The molecule has 0 N–H and O–H groups in total. The van der Waals surface area contributed by atoms with E-state index in [4.69, 9.17) is 4.42 Å². The van der Waals surface area contributed by atoms with Crippen LogP contribution in [0.1, 0.15) is 0 Å². The first kappa shape index (κ1) is 9.64. The van der Waals surface area contributed by atoms with Crippen LogP contribution in [0.25, 0.3) is 22.5 Å². The van der Waals surface area contributed by atoms with Crippen LogP contribution in [0, 0.1) is 3.90 Å². The molecule has 2 heterocycles. The summed E-state index contributed by atoms with van der Waals surface area (Å²) in [5, 5.41) is 7.73. The third-order valence-electron chi connectivity index (χ3n) is 2.12. The zero-order valence-corrected chi connectivity index (χ0v) is 10.1. The molecule has 1 aromatic carbocycles. The van der Waals surface area contributed by atoms with Gasteiger partial charge in [-0.05, 0) is 18.2 Å². The van der Waals surface area contributed by atoms with Gasteiger partial charge in [-0.1, -0.05) is 0 Å². The number of rotatable bonds is 1. The quantitative estimate of drug-likeness (QED) is 0.643. The van der Waals surface area contributed by atoms with E-state index in [-0.39, 0.29) is 0 Å². The Bertz CT molecular complexity index is 652. The van der Waals surface area contributed by atoms with Gasteiger partial charge >= 0.3 is 0 Å². The Morgan fingerprint density at radius 2 is 1.81 bits per heavy atom. The van der Waals surface area contributed by atoms with E-state index < -0.39 is 0 Å². The summed E-state index contributed by atoms with van der Waals surface area (Å²) in [6.07, 6.45) is 3.32. The van der Waals surface area contributed by atoms with Crippen LogP contribution in [-0.2, 0) is 0 Å². The van der Waals surface area contributed by atoms with Gasteiger partial charge < -0.3 is 4.42 Å². The van der Waals surface area contributed by atoms with Gasteiger partial charge in [0.05, 0.1) is 11.0 Å². The van der Waals surface area contributed by atoms with Gasteiger partial charge in [-0.25, -0.2) is 0 Å². The zero-order chi connectivity index (χ0) is 11.0. The number of aromatic nitrogens is 4. The third-order valence-corrected chi connectivity index (χ3v) is 2.55. The van der Waals surface area contributed by atoms with Crippen LogP contribution in [0.2, 0.25) is 0 Å². The van der Waals surface area contributed by atoms with Crippen LogP contribution in [0.3, 0.4) is 0 Å². The fourth-order valence-electron chi connectivity index (χ4n) is 1.42. The van der Waals surface area contributed by atoms with E-state index in [1.165, 1.54) is 0 Å². The molecule has 0 aliphatic rings. The van der Waals surface area contributed by atoms with Gasteiger partial charge in [0.25, 0.3) is 3.90 Å². The van der Waals surface area contributed by atoms with E-state index in [0.29, 0.717) is 9.79 Å². The molecule has 0 atom stereocenters. The summed E-state index contributed by atoms with van der Waals surface area (Å²) in [6.45, 7) is 0. The number of benzene rings is 1. The number of hydrogen-bond acceptors (Lipinski definition) is 5. The Kier molecular flexibility index (Phi) is 2.28. The highest BCUT2D eigenvalue weighted by atomic mass is 127. The number of halogens is 1. The van der Waals surface area contributed by atoms with Gasteiger partial charge in [0, 0.05) is 40.5 Å². The molecule has 0 radical (unpaired) electrons. The van der Waals surface area contributed by atoms with Crippen LogP contribution in [0.4, 0.5) is 0 Å². The smallest absolute Gasteiger partial charge is 0.278 e. The molecule has 0 saturated heterocycles. The van der Waals surface area contributed by atoms with E-state index in [2.05, 4.69) is 20.2 Å². The van der Waals surface area contributed by atoms with Crippen LogP contribution in [0.5, 0.6) is 0 Å². The summed E-state index contributed by atoms with van der Waals surface area (Å²) in [5.74, 6) is 0.497. The normalized spacial score (nSPS) is 10.8. The molecule has 0 fully saturated rings. The fourth-order valence-corrected chi connectivity index (χ4v) is 1.73. The topological polar surface area (TPSA) is 64.7 Å². The first-order chi connectivity index (χ1) is 7.83. The largest absolute Gasteiger partial charge is 0.412 e. The first-order valence-electron chi connectivity index (χ1n) is 4.53. The Labute approximate surface area is 104 Å². The summed E-state index contributed by atoms with van der Waals surface area (Å²) >= 11 is 1.98. The van der Waals surface area contributed by atoms with Crippen molar-refractivity contribution in [3.63, 3.8) is 0 Å². The minimum Gasteiger partial charge on any atom is -0.412 e. The predicted molar refractivity (Wildman–Crippen MR) is 65.5 cm³/mol. The van der Waals surface area contributed by atoms with E-state index >= 15 is 0 Å². The molecule has 3 rings (SSSR count). The van der Waals surface area contributed by atoms with Crippen molar-refractivity contribution >= 4 is 33.6 Å². The van der Waals surface area contributed by atoms with Crippen LogP contribution < -0.4 is 0 Å². The summed E-state index contributed by atoms with van der Waals surface area (Å²) in [7, 11) is 0. The first-order valence-corrected chi connectivity index (χ1v) is 5.61. The van der Waals surface area contributed by atoms with E-state index in [0.717, 1.165) is 16.6 Å². The highest BCUT2D eigenvalue weighted by Gasteiger charge is 2.07. The lowest BCUT2D eigenvalue weighted by atomic mass is 10.2.